The molecule has 0 spiro atoms. The van der Waals surface area contributed by atoms with Gasteiger partial charge in [-0.1, -0.05) is 52.0 Å². The van der Waals surface area contributed by atoms with Crippen LogP contribution in [0.3, 0.4) is 0 Å². The van der Waals surface area contributed by atoms with Gasteiger partial charge in [-0.3, -0.25) is 0 Å². The molecule has 0 radical (unpaired) electrons. The normalized spacial score (nSPS) is 17.2. The Morgan fingerprint density at radius 3 is 1.85 bits per heavy atom. The number of rotatable bonds is 4. The highest BCUT2D eigenvalue weighted by atomic mass is 31.1. The van der Waals surface area contributed by atoms with E-state index in [1.54, 1.807) is 0 Å². The fourth-order valence-electron chi connectivity index (χ4n) is 1.86. The molecular formula is C12H21P. The van der Waals surface area contributed by atoms with E-state index < -0.39 is 0 Å². The van der Waals surface area contributed by atoms with Gasteiger partial charge in [-0.05, 0) is 23.4 Å². The Labute approximate surface area is 83.9 Å². The van der Waals surface area contributed by atoms with Crippen molar-refractivity contribution in [2.24, 2.45) is 5.92 Å². The quantitative estimate of drug-likeness (QED) is 0.595. The van der Waals surface area contributed by atoms with Crippen LogP contribution in [0.4, 0.5) is 0 Å². The van der Waals surface area contributed by atoms with Crippen LogP contribution in [0.15, 0.2) is 24.3 Å². The van der Waals surface area contributed by atoms with Gasteiger partial charge in [0.15, 0.2) is 0 Å². The van der Waals surface area contributed by atoms with Crippen LogP contribution in [0.25, 0.3) is 0 Å². The van der Waals surface area contributed by atoms with Crippen molar-refractivity contribution >= 4 is 7.92 Å². The van der Waals surface area contributed by atoms with Gasteiger partial charge in [-0.25, -0.2) is 0 Å². The van der Waals surface area contributed by atoms with E-state index in [0.29, 0.717) is 0 Å². The van der Waals surface area contributed by atoms with Gasteiger partial charge in [0.25, 0.3) is 0 Å². The zero-order valence-electron chi connectivity index (χ0n) is 9.20. The summed E-state index contributed by atoms with van der Waals surface area (Å²) >= 11 is 0. The van der Waals surface area contributed by atoms with Crippen LogP contribution >= 0.6 is 7.92 Å². The Bertz CT molecular complexity index is 181. The van der Waals surface area contributed by atoms with Crippen molar-refractivity contribution in [1.29, 1.82) is 0 Å². The highest BCUT2D eigenvalue weighted by molar-refractivity contribution is 7.59. The fraction of sp³-hybridized carbons (Fsp3) is 0.667. The molecule has 0 atom stereocenters. The Kier molecular flexibility index (Phi) is 4.19. The minimum Gasteiger partial charge on any atom is -0.101 e. The molecule has 0 aromatic carbocycles. The second-order valence-corrected chi connectivity index (χ2v) is 7.78. The van der Waals surface area contributed by atoms with Crippen molar-refractivity contribution in [3.8, 4) is 0 Å². The molecule has 0 fully saturated rings. The Morgan fingerprint density at radius 2 is 1.46 bits per heavy atom. The summed E-state index contributed by atoms with van der Waals surface area (Å²) < 4.78 is 0. The average molecular weight is 196 g/mol. The maximum Gasteiger partial charge on any atom is -0.000779 e. The molecule has 0 heterocycles. The zero-order valence-corrected chi connectivity index (χ0v) is 10.1. The van der Waals surface area contributed by atoms with Gasteiger partial charge in [0, 0.05) is 0 Å². The summed E-state index contributed by atoms with van der Waals surface area (Å²) in [4.78, 5) is 0. The first-order valence-corrected chi connectivity index (χ1v) is 6.88. The summed E-state index contributed by atoms with van der Waals surface area (Å²) in [5.41, 5.74) is 1.75. The van der Waals surface area contributed by atoms with E-state index in [0.717, 1.165) is 17.2 Å². The van der Waals surface area contributed by atoms with Crippen molar-refractivity contribution in [2.45, 2.75) is 39.0 Å². The Morgan fingerprint density at radius 1 is 1.00 bits per heavy atom. The lowest BCUT2D eigenvalue weighted by Crippen LogP contribution is -2.10. The second kappa shape index (κ2) is 4.96. The lowest BCUT2D eigenvalue weighted by molar-refractivity contribution is 0.917. The molecule has 1 rings (SSSR count). The van der Waals surface area contributed by atoms with Crippen molar-refractivity contribution < 1.29 is 0 Å². The molecule has 0 unspecified atom stereocenters. The molecule has 1 aliphatic rings. The van der Waals surface area contributed by atoms with Gasteiger partial charge in [0.1, 0.15) is 0 Å². The molecule has 0 saturated carbocycles. The van der Waals surface area contributed by atoms with Crippen LogP contribution in [0.2, 0.25) is 0 Å². The Hall–Kier alpha value is -0.0900. The summed E-state index contributed by atoms with van der Waals surface area (Å²) in [6, 6.07) is 0. The van der Waals surface area contributed by atoms with E-state index in [2.05, 4.69) is 52.0 Å². The molecule has 13 heavy (non-hydrogen) atoms. The highest BCUT2D eigenvalue weighted by Gasteiger charge is 2.19. The minimum atomic E-state index is 0.208. The highest BCUT2D eigenvalue weighted by Crippen LogP contribution is 2.48. The zero-order chi connectivity index (χ0) is 9.84. The monoisotopic (exact) mass is 196 g/mol. The molecule has 1 heteroatoms. The van der Waals surface area contributed by atoms with Gasteiger partial charge in [0.2, 0.25) is 0 Å². The summed E-state index contributed by atoms with van der Waals surface area (Å²) in [5.74, 6) is 0.732. The molecule has 0 aromatic rings. The van der Waals surface area contributed by atoms with E-state index in [1.807, 2.05) is 0 Å². The summed E-state index contributed by atoms with van der Waals surface area (Å²) in [6.07, 6.45) is 10.4. The molecule has 74 valence electrons. The molecule has 0 nitrogen and oxygen atoms in total. The van der Waals surface area contributed by atoms with Gasteiger partial charge >= 0.3 is 0 Å². The van der Waals surface area contributed by atoms with Gasteiger partial charge in [0.05, 0.1) is 0 Å². The van der Waals surface area contributed by atoms with Crippen LogP contribution in [0, 0.1) is 5.92 Å². The lowest BCUT2D eigenvalue weighted by Gasteiger charge is -2.27. The first-order valence-electron chi connectivity index (χ1n) is 5.22. The molecule has 0 saturated heterocycles. The summed E-state index contributed by atoms with van der Waals surface area (Å²) in [6.45, 7) is 9.48. The third kappa shape index (κ3) is 3.27. The van der Waals surface area contributed by atoms with Crippen LogP contribution in [-0.4, -0.2) is 17.5 Å². The first kappa shape index (κ1) is 11.0. The van der Waals surface area contributed by atoms with Gasteiger partial charge < -0.3 is 0 Å². The van der Waals surface area contributed by atoms with Crippen molar-refractivity contribution in [1.82, 2.24) is 0 Å². The van der Waals surface area contributed by atoms with Gasteiger partial charge in [-0.15, -0.1) is 7.92 Å². The van der Waals surface area contributed by atoms with Crippen molar-refractivity contribution in [3.05, 3.63) is 24.3 Å². The number of hydrogen-bond acceptors (Lipinski definition) is 0. The predicted octanol–water partition coefficient (Wildman–Crippen LogP) is 4.03. The topological polar surface area (TPSA) is 0 Å². The molecule has 0 aliphatic heterocycles. The maximum atomic E-state index is 2.37. The van der Waals surface area contributed by atoms with Crippen LogP contribution in [-0.2, 0) is 0 Å². The lowest BCUT2D eigenvalue weighted by atomic mass is 10.2. The number of allylic oxidation sites excluding steroid dienone is 4. The van der Waals surface area contributed by atoms with E-state index in [4.69, 9.17) is 0 Å². The minimum absolute atomic E-state index is 0.208. The fourth-order valence-corrected chi connectivity index (χ4v) is 4.63. The average Bonchev–Trinajstić information content (AvgIpc) is 2.50. The molecule has 1 aliphatic carbocycles. The van der Waals surface area contributed by atoms with E-state index in [9.17, 15) is 0 Å². The third-order valence-electron chi connectivity index (χ3n) is 2.58. The van der Waals surface area contributed by atoms with Crippen LogP contribution < -0.4 is 0 Å². The second-order valence-electron chi connectivity index (χ2n) is 4.32. The van der Waals surface area contributed by atoms with Crippen LogP contribution in [0.1, 0.15) is 27.7 Å². The predicted molar refractivity (Wildman–Crippen MR) is 63.8 cm³/mol. The van der Waals surface area contributed by atoms with Crippen LogP contribution in [0.5, 0.6) is 0 Å². The molecular weight excluding hydrogens is 175 g/mol. The summed E-state index contributed by atoms with van der Waals surface area (Å²) in [5, 5.41) is 0. The first-order chi connectivity index (χ1) is 6.11. The Balaban J connectivity index is 2.47. The van der Waals surface area contributed by atoms with E-state index >= 15 is 0 Å². The number of hydrogen-bond donors (Lipinski definition) is 0. The van der Waals surface area contributed by atoms with Gasteiger partial charge in [-0.2, -0.15) is 0 Å². The van der Waals surface area contributed by atoms with Crippen molar-refractivity contribution in [2.75, 3.05) is 6.16 Å². The van der Waals surface area contributed by atoms with Crippen molar-refractivity contribution in [3.63, 3.8) is 0 Å². The summed E-state index contributed by atoms with van der Waals surface area (Å²) in [7, 11) is 0.208. The molecule has 0 bridgehead atoms. The molecule has 0 amide bonds. The van der Waals surface area contributed by atoms with E-state index in [1.165, 1.54) is 6.16 Å². The largest absolute Gasteiger partial charge is 0.101 e. The SMILES string of the molecule is CC(C)P(CC1C=CC=C1)C(C)C. The third-order valence-corrected chi connectivity index (χ3v) is 6.07. The maximum absolute atomic E-state index is 2.37. The smallest absolute Gasteiger partial charge is 0.000779 e. The molecule has 0 aromatic heterocycles. The van der Waals surface area contributed by atoms with E-state index in [-0.39, 0.29) is 7.92 Å². The standard InChI is InChI=1S/C12H21P/c1-10(2)13(11(3)4)9-12-7-5-6-8-12/h5-8,10-12H,9H2,1-4H3. The molecule has 0 N–H and O–H groups in total.